The largest absolute Gasteiger partial charge is 0.366 e. The van der Waals surface area contributed by atoms with Gasteiger partial charge in [-0.1, -0.05) is 30.3 Å². The molecule has 2 N–H and O–H groups in total. The minimum Gasteiger partial charge on any atom is -0.366 e. The number of nitrogens with two attached hydrogens (primary N) is 1. The minimum atomic E-state index is -3.26. The monoisotopic (exact) mass is 437 g/mol. The van der Waals surface area contributed by atoms with Crippen LogP contribution in [0.5, 0.6) is 0 Å². The number of aromatic nitrogens is 1. The quantitative estimate of drug-likeness (QED) is 0.658. The molecule has 3 aromatic rings. The third-order valence-corrected chi connectivity index (χ3v) is 6.80. The third kappa shape index (κ3) is 4.44. The number of nitrogens with zero attached hydrogens (tertiary/aromatic N) is 2. The van der Waals surface area contributed by atoms with Crippen molar-refractivity contribution >= 4 is 32.6 Å². The number of carbonyl (C=O) groups is 2. The summed E-state index contributed by atoms with van der Waals surface area (Å²) < 4.78 is 23.2. The predicted molar refractivity (Wildman–Crippen MR) is 117 cm³/mol. The summed E-state index contributed by atoms with van der Waals surface area (Å²) in [5.74, 6) is -0.492. The molecule has 2 heterocycles. The number of pyridine rings is 1. The maximum Gasteiger partial charge on any atom is 0.249 e. The van der Waals surface area contributed by atoms with Crippen molar-refractivity contribution in [2.45, 2.75) is 23.7 Å². The van der Waals surface area contributed by atoms with Crippen molar-refractivity contribution in [2.75, 3.05) is 19.3 Å². The molecule has 0 bridgehead atoms. The Kier molecular flexibility index (Phi) is 5.49. The molecule has 2 amide bonds. The smallest absolute Gasteiger partial charge is 0.249 e. The first-order valence-corrected chi connectivity index (χ1v) is 11.9. The second kappa shape index (κ2) is 8.11. The molecule has 1 aliphatic rings. The van der Waals surface area contributed by atoms with E-state index < -0.39 is 15.7 Å². The number of primary amides is 1. The Morgan fingerprint density at radius 1 is 1.13 bits per heavy atom. The molecular weight excluding hydrogens is 414 g/mol. The molecule has 1 fully saturated rings. The number of hydrogen-bond acceptors (Lipinski definition) is 5. The van der Waals surface area contributed by atoms with Crippen LogP contribution >= 0.6 is 0 Å². The van der Waals surface area contributed by atoms with E-state index in [1.165, 1.54) is 12.1 Å². The van der Waals surface area contributed by atoms with E-state index in [1.807, 2.05) is 24.3 Å². The van der Waals surface area contributed by atoms with E-state index in [1.54, 1.807) is 23.1 Å². The van der Waals surface area contributed by atoms with Crippen LogP contribution in [0.25, 0.3) is 10.9 Å². The SMILES string of the molecule is CS(=O)(=O)c1ccc(CC(=O)N2CC[C@@H](c3cc(C(N)=O)c4ccccc4n3)C2)cc1. The number of fused-ring (bicyclic) bond motifs is 1. The van der Waals surface area contributed by atoms with Gasteiger partial charge in [-0.05, 0) is 36.2 Å². The van der Waals surface area contributed by atoms with Crippen molar-refractivity contribution < 1.29 is 18.0 Å². The van der Waals surface area contributed by atoms with E-state index in [0.717, 1.165) is 29.3 Å². The summed E-state index contributed by atoms with van der Waals surface area (Å²) in [6.07, 6.45) is 2.11. The number of hydrogen-bond donors (Lipinski definition) is 1. The summed E-state index contributed by atoms with van der Waals surface area (Å²) in [5, 5.41) is 0.724. The van der Waals surface area contributed by atoms with Crippen molar-refractivity contribution in [1.82, 2.24) is 9.88 Å². The van der Waals surface area contributed by atoms with Gasteiger partial charge in [0.05, 0.1) is 22.4 Å². The van der Waals surface area contributed by atoms with Crippen LogP contribution in [0.15, 0.2) is 59.5 Å². The second-order valence-corrected chi connectivity index (χ2v) is 9.91. The normalized spacial score (nSPS) is 16.5. The Hall–Kier alpha value is -3.26. The number of amides is 2. The molecule has 0 spiro atoms. The molecule has 8 heteroatoms. The molecule has 160 valence electrons. The first-order valence-electron chi connectivity index (χ1n) is 9.98. The fourth-order valence-electron chi connectivity index (χ4n) is 3.98. The van der Waals surface area contributed by atoms with Crippen LogP contribution in [0, 0.1) is 0 Å². The van der Waals surface area contributed by atoms with Crippen LogP contribution < -0.4 is 5.73 Å². The summed E-state index contributed by atoms with van der Waals surface area (Å²) in [6, 6.07) is 15.5. The van der Waals surface area contributed by atoms with E-state index in [4.69, 9.17) is 10.7 Å². The molecule has 1 aliphatic heterocycles. The van der Waals surface area contributed by atoms with Gasteiger partial charge in [-0.2, -0.15) is 0 Å². The highest BCUT2D eigenvalue weighted by atomic mass is 32.2. The van der Waals surface area contributed by atoms with Crippen molar-refractivity contribution in [3.05, 3.63) is 71.4 Å². The lowest BCUT2D eigenvalue weighted by atomic mass is 9.99. The highest BCUT2D eigenvalue weighted by molar-refractivity contribution is 7.90. The highest BCUT2D eigenvalue weighted by Crippen LogP contribution is 2.29. The topological polar surface area (TPSA) is 110 Å². The standard InChI is InChI=1S/C23H23N3O4S/c1-31(29,30)17-8-6-15(7-9-17)12-22(27)26-11-10-16(14-26)21-13-19(23(24)28)18-4-2-3-5-20(18)25-21/h2-9,13,16H,10-12,14H2,1H3,(H2,24,28)/t16-/m1/s1. The predicted octanol–water partition coefficient (Wildman–Crippen LogP) is 2.30. The second-order valence-electron chi connectivity index (χ2n) is 7.89. The van der Waals surface area contributed by atoms with Crippen LogP contribution in [0.1, 0.15) is 34.0 Å². The van der Waals surface area contributed by atoms with Gasteiger partial charge >= 0.3 is 0 Å². The zero-order valence-electron chi connectivity index (χ0n) is 17.1. The average molecular weight is 438 g/mol. The summed E-state index contributed by atoms with van der Waals surface area (Å²) in [6.45, 7) is 1.12. The Balaban J connectivity index is 1.49. The maximum atomic E-state index is 12.8. The van der Waals surface area contributed by atoms with Crippen molar-refractivity contribution in [2.24, 2.45) is 5.73 Å². The van der Waals surface area contributed by atoms with Gasteiger partial charge < -0.3 is 10.6 Å². The summed E-state index contributed by atoms with van der Waals surface area (Å²) in [4.78, 5) is 31.4. The maximum absolute atomic E-state index is 12.8. The average Bonchev–Trinajstić information content (AvgIpc) is 3.23. The molecule has 1 saturated heterocycles. The minimum absolute atomic E-state index is 0.0227. The number of rotatable bonds is 5. The summed E-state index contributed by atoms with van der Waals surface area (Å²) >= 11 is 0. The number of sulfone groups is 1. The summed E-state index contributed by atoms with van der Waals surface area (Å²) in [5.41, 5.74) is 8.26. The van der Waals surface area contributed by atoms with Gasteiger partial charge in [0, 0.05) is 36.3 Å². The lowest BCUT2D eigenvalue weighted by molar-refractivity contribution is -0.129. The van der Waals surface area contributed by atoms with Gasteiger partial charge in [0.2, 0.25) is 11.8 Å². The third-order valence-electron chi connectivity index (χ3n) is 5.67. The fourth-order valence-corrected chi connectivity index (χ4v) is 4.61. The van der Waals surface area contributed by atoms with Crippen LogP contribution in [-0.4, -0.2) is 49.5 Å². The number of benzene rings is 2. The highest BCUT2D eigenvalue weighted by Gasteiger charge is 2.29. The molecular formula is C23H23N3O4S. The van der Waals surface area contributed by atoms with Crippen LogP contribution in [0.3, 0.4) is 0 Å². The number of likely N-dealkylation sites (tertiary alicyclic amines) is 1. The van der Waals surface area contributed by atoms with Gasteiger partial charge in [-0.3, -0.25) is 14.6 Å². The summed E-state index contributed by atoms with van der Waals surface area (Å²) in [7, 11) is -3.26. The first kappa shape index (κ1) is 21.0. The van der Waals surface area contributed by atoms with Gasteiger partial charge in [0.15, 0.2) is 9.84 Å². The Bertz CT molecular complexity index is 1270. The number of carbonyl (C=O) groups excluding carboxylic acids is 2. The molecule has 0 unspecified atom stereocenters. The number of para-hydroxylation sites is 1. The molecule has 2 aromatic carbocycles. The molecule has 0 saturated carbocycles. The van der Waals surface area contributed by atoms with Gasteiger partial charge in [-0.25, -0.2) is 8.42 Å². The van der Waals surface area contributed by atoms with Gasteiger partial charge in [0.25, 0.3) is 0 Å². The Morgan fingerprint density at radius 3 is 2.52 bits per heavy atom. The Labute approximate surface area is 180 Å². The molecule has 1 aromatic heterocycles. The van der Waals surface area contributed by atoms with E-state index in [2.05, 4.69) is 0 Å². The molecule has 7 nitrogen and oxygen atoms in total. The zero-order chi connectivity index (χ0) is 22.2. The molecule has 4 rings (SSSR count). The van der Waals surface area contributed by atoms with Gasteiger partial charge in [0.1, 0.15) is 0 Å². The van der Waals surface area contributed by atoms with Crippen molar-refractivity contribution in [1.29, 1.82) is 0 Å². The molecule has 1 atom stereocenters. The zero-order valence-corrected chi connectivity index (χ0v) is 17.9. The van der Waals surface area contributed by atoms with Crippen LogP contribution in [-0.2, 0) is 21.1 Å². The van der Waals surface area contributed by atoms with Gasteiger partial charge in [-0.15, -0.1) is 0 Å². The molecule has 0 aliphatic carbocycles. The lowest BCUT2D eigenvalue weighted by Crippen LogP contribution is -2.30. The van der Waals surface area contributed by atoms with E-state index in [0.29, 0.717) is 24.2 Å². The van der Waals surface area contributed by atoms with E-state index in [-0.39, 0.29) is 23.1 Å². The van der Waals surface area contributed by atoms with Crippen molar-refractivity contribution in [3.63, 3.8) is 0 Å². The fraction of sp³-hybridized carbons (Fsp3) is 0.261. The van der Waals surface area contributed by atoms with Crippen LogP contribution in [0.2, 0.25) is 0 Å². The van der Waals surface area contributed by atoms with Crippen molar-refractivity contribution in [3.8, 4) is 0 Å². The Morgan fingerprint density at radius 2 is 1.84 bits per heavy atom. The molecule has 0 radical (unpaired) electrons. The molecule has 31 heavy (non-hydrogen) atoms. The first-order chi connectivity index (χ1) is 14.7. The lowest BCUT2D eigenvalue weighted by Gasteiger charge is -2.17. The van der Waals surface area contributed by atoms with E-state index in [9.17, 15) is 18.0 Å². The van der Waals surface area contributed by atoms with E-state index >= 15 is 0 Å². The van der Waals surface area contributed by atoms with Crippen LogP contribution in [0.4, 0.5) is 0 Å².